The number of aliphatic hydroxyl groups is 1. The van der Waals surface area contributed by atoms with Crippen LogP contribution in [0.2, 0.25) is 0 Å². The molecule has 2 bridgehead atoms. The predicted octanol–water partition coefficient (Wildman–Crippen LogP) is -0.416. The highest BCUT2D eigenvalue weighted by Crippen LogP contribution is 2.45. The van der Waals surface area contributed by atoms with E-state index in [4.69, 9.17) is 4.74 Å². The minimum atomic E-state index is -1.74. The van der Waals surface area contributed by atoms with Crippen LogP contribution in [0.3, 0.4) is 0 Å². The van der Waals surface area contributed by atoms with Crippen LogP contribution < -0.4 is 0 Å². The zero-order chi connectivity index (χ0) is 9.92. The van der Waals surface area contributed by atoms with Gasteiger partial charge in [-0.2, -0.15) is 0 Å². The number of carbonyl (C=O) groups is 2. The summed E-state index contributed by atoms with van der Waals surface area (Å²) >= 11 is 0. The number of fused-ring (bicyclic) bond motifs is 1. The maximum absolute atomic E-state index is 11.5. The Morgan fingerprint density at radius 1 is 1.36 bits per heavy atom. The van der Waals surface area contributed by atoms with Crippen LogP contribution in [0, 0.1) is 11.8 Å². The Balaban J connectivity index is 2.17. The van der Waals surface area contributed by atoms with Crippen molar-refractivity contribution < 1.29 is 19.4 Å². The van der Waals surface area contributed by atoms with E-state index in [-0.39, 0.29) is 17.8 Å². The van der Waals surface area contributed by atoms with E-state index in [0.29, 0.717) is 0 Å². The smallest absolute Gasteiger partial charge is 0.343 e. The van der Waals surface area contributed by atoms with Gasteiger partial charge in [0.2, 0.25) is 0 Å². The fourth-order valence-corrected chi connectivity index (χ4v) is 2.42. The molecule has 14 heavy (non-hydrogen) atoms. The van der Waals surface area contributed by atoms with Crippen molar-refractivity contribution in [3.63, 3.8) is 0 Å². The van der Waals surface area contributed by atoms with Gasteiger partial charge in [0.25, 0.3) is 0 Å². The van der Waals surface area contributed by atoms with Gasteiger partial charge >= 0.3 is 5.97 Å². The van der Waals surface area contributed by atoms with Crippen LogP contribution in [0.1, 0.15) is 0 Å². The molecule has 4 heteroatoms. The van der Waals surface area contributed by atoms with E-state index in [0.717, 1.165) is 0 Å². The van der Waals surface area contributed by atoms with E-state index in [1.54, 1.807) is 12.2 Å². The zero-order valence-corrected chi connectivity index (χ0v) is 7.21. The first kappa shape index (κ1) is 7.94. The number of carbonyl (C=O) groups excluding carboxylic acids is 2. The first-order chi connectivity index (χ1) is 6.63. The minimum absolute atomic E-state index is 0.185. The molecule has 1 N–H and O–H groups in total. The van der Waals surface area contributed by atoms with Gasteiger partial charge in [0.05, 0.1) is 5.92 Å². The summed E-state index contributed by atoms with van der Waals surface area (Å²) in [5.41, 5.74) is -1.74. The van der Waals surface area contributed by atoms with Crippen LogP contribution in [-0.2, 0) is 14.3 Å². The molecule has 0 radical (unpaired) electrons. The van der Waals surface area contributed by atoms with Crippen LogP contribution in [0.5, 0.6) is 0 Å². The van der Waals surface area contributed by atoms with Gasteiger partial charge in [0.1, 0.15) is 6.10 Å². The molecule has 0 unspecified atom stereocenters. The molecule has 2 aliphatic heterocycles. The second-order valence-corrected chi connectivity index (χ2v) is 3.87. The van der Waals surface area contributed by atoms with Gasteiger partial charge in [-0.15, -0.1) is 0 Å². The highest BCUT2D eigenvalue weighted by atomic mass is 16.6. The highest BCUT2D eigenvalue weighted by molar-refractivity contribution is 6.02. The third-order valence-corrected chi connectivity index (χ3v) is 3.14. The Labute approximate surface area is 79.9 Å². The van der Waals surface area contributed by atoms with Gasteiger partial charge in [-0.1, -0.05) is 6.08 Å². The maximum Gasteiger partial charge on any atom is 0.343 e. The third kappa shape index (κ3) is 0.688. The Kier molecular flexibility index (Phi) is 1.22. The second-order valence-electron chi connectivity index (χ2n) is 3.87. The van der Waals surface area contributed by atoms with E-state index >= 15 is 0 Å². The Hall–Kier alpha value is -1.42. The fourth-order valence-electron chi connectivity index (χ4n) is 2.42. The lowest BCUT2D eigenvalue weighted by atomic mass is 9.70. The quantitative estimate of drug-likeness (QED) is 0.418. The number of ketones is 1. The number of ether oxygens (including phenoxy) is 1. The summed E-state index contributed by atoms with van der Waals surface area (Å²) in [6.45, 7) is 0. The van der Waals surface area contributed by atoms with Crippen molar-refractivity contribution in [3.05, 3.63) is 24.3 Å². The van der Waals surface area contributed by atoms with Crippen molar-refractivity contribution in [2.24, 2.45) is 11.8 Å². The molecule has 4 rings (SSSR count). The minimum Gasteiger partial charge on any atom is -0.455 e. The average Bonchev–Trinajstić information content (AvgIpc) is 2.53. The van der Waals surface area contributed by atoms with Crippen molar-refractivity contribution >= 4 is 11.8 Å². The van der Waals surface area contributed by atoms with Crippen LogP contribution in [0.4, 0.5) is 0 Å². The van der Waals surface area contributed by atoms with E-state index in [1.165, 1.54) is 12.2 Å². The zero-order valence-electron chi connectivity index (χ0n) is 7.21. The maximum atomic E-state index is 11.5. The lowest BCUT2D eigenvalue weighted by molar-refractivity contribution is -0.190. The molecule has 2 aliphatic carbocycles. The van der Waals surface area contributed by atoms with Gasteiger partial charge in [-0.25, -0.2) is 4.79 Å². The van der Waals surface area contributed by atoms with Crippen molar-refractivity contribution in [2.75, 3.05) is 0 Å². The molecule has 1 saturated heterocycles. The van der Waals surface area contributed by atoms with Crippen molar-refractivity contribution in [1.82, 2.24) is 0 Å². The summed E-state index contributed by atoms with van der Waals surface area (Å²) in [6, 6.07) is 0. The van der Waals surface area contributed by atoms with E-state index in [9.17, 15) is 14.7 Å². The Bertz CT molecular complexity index is 395. The normalized spacial score (nSPS) is 48.2. The predicted molar refractivity (Wildman–Crippen MR) is 45.1 cm³/mol. The van der Waals surface area contributed by atoms with Crippen LogP contribution >= 0.6 is 0 Å². The largest absolute Gasteiger partial charge is 0.455 e. The second kappa shape index (κ2) is 2.15. The van der Waals surface area contributed by atoms with Crippen molar-refractivity contribution in [1.29, 1.82) is 0 Å². The van der Waals surface area contributed by atoms with Gasteiger partial charge < -0.3 is 9.84 Å². The summed E-state index contributed by atoms with van der Waals surface area (Å²) in [7, 11) is 0. The van der Waals surface area contributed by atoms with Crippen LogP contribution in [0.25, 0.3) is 0 Å². The summed E-state index contributed by atoms with van der Waals surface area (Å²) in [6.07, 6.45) is 5.77. The molecule has 72 valence electrons. The first-order valence-electron chi connectivity index (χ1n) is 4.48. The van der Waals surface area contributed by atoms with Crippen molar-refractivity contribution in [2.45, 2.75) is 11.7 Å². The van der Waals surface area contributed by atoms with Gasteiger partial charge in [0.15, 0.2) is 11.4 Å². The third-order valence-electron chi connectivity index (χ3n) is 3.14. The molecule has 2 heterocycles. The lowest BCUT2D eigenvalue weighted by Gasteiger charge is -2.44. The number of allylic oxidation sites excluding steroid dienone is 1. The summed E-state index contributed by atoms with van der Waals surface area (Å²) in [5, 5.41) is 10.0. The number of hydrogen-bond donors (Lipinski definition) is 1. The SMILES string of the molecule is O=C1C=C[C@H]2[C@@H]1[C@]1(O)C=C[C@H]2OC1=O. The molecule has 0 aromatic heterocycles. The average molecular weight is 192 g/mol. The number of rotatable bonds is 0. The topological polar surface area (TPSA) is 63.6 Å². The van der Waals surface area contributed by atoms with Gasteiger partial charge in [-0.3, -0.25) is 4.79 Å². The van der Waals surface area contributed by atoms with E-state index in [2.05, 4.69) is 0 Å². The highest BCUT2D eigenvalue weighted by Gasteiger charge is 2.60. The first-order valence-corrected chi connectivity index (χ1v) is 4.48. The van der Waals surface area contributed by atoms with Crippen molar-refractivity contribution in [3.8, 4) is 0 Å². The molecule has 0 spiro atoms. The molecule has 4 atom stereocenters. The molecule has 0 saturated carbocycles. The van der Waals surface area contributed by atoms with E-state index in [1.807, 2.05) is 0 Å². The fraction of sp³-hybridized carbons (Fsp3) is 0.400. The van der Waals surface area contributed by atoms with Gasteiger partial charge in [-0.05, 0) is 18.2 Å². The molecule has 0 aromatic carbocycles. The summed E-state index contributed by atoms with van der Waals surface area (Å²) in [5.74, 6) is -1.75. The Morgan fingerprint density at radius 3 is 2.86 bits per heavy atom. The molecular formula is C10H8O4. The van der Waals surface area contributed by atoms with Gasteiger partial charge in [0, 0.05) is 5.92 Å². The standard InChI is InChI=1S/C10H8O4/c11-6-2-1-5-7-3-4-10(13,8(5)6)9(12)14-7/h1-5,7-8,13H/t5-,7-,8+,10-/m1/s1. The van der Waals surface area contributed by atoms with Crippen LogP contribution in [0.15, 0.2) is 24.3 Å². The molecule has 4 nitrogen and oxygen atoms in total. The summed E-state index contributed by atoms with van der Waals surface area (Å²) < 4.78 is 4.97. The van der Waals surface area contributed by atoms with E-state index < -0.39 is 17.5 Å². The molecule has 0 aromatic rings. The number of esters is 1. The molecule has 0 amide bonds. The monoisotopic (exact) mass is 192 g/mol. The number of hydrogen-bond acceptors (Lipinski definition) is 4. The molecule has 1 fully saturated rings. The lowest BCUT2D eigenvalue weighted by Crippen LogP contribution is -2.60. The molecular weight excluding hydrogens is 184 g/mol. The molecule has 4 aliphatic rings. The Morgan fingerprint density at radius 2 is 2.14 bits per heavy atom. The summed E-state index contributed by atoms with van der Waals surface area (Å²) in [4.78, 5) is 22.8. The van der Waals surface area contributed by atoms with Crippen LogP contribution in [-0.4, -0.2) is 28.6 Å².